The van der Waals surface area contributed by atoms with Crippen LogP contribution in [-0.2, 0) is 0 Å². The van der Waals surface area contributed by atoms with Gasteiger partial charge in [-0.05, 0) is 69.8 Å². The van der Waals surface area contributed by atoms with Crippen molar-refractivity contribution in [2.75, 3.05) is 46.9 Å². The van der Waals surface area contributed by atoms with E-state index in [4.69, 9.17) is 9.73 Å². The van der Waals surface area contributed by atoms with Crippen LogP contribution in [0.2, 0.25) is 0 Å². The number of halogens is 1. The second-order valence-electron chi connectivity index (χ2n) is 7.49. The number of nitrogens with zero attached hydrogens (tertiary/aromatic N) is 3. The molecular weight excluding hydrogens is 451 g/mol. The summed E-state index contributed by atoms with van der Waals surface area (Å²) in [5, 5.41) is 3.49. The first kappa shape index (κ1) is 22.3. The number of hydrogen-bond acceptors (Lipinski definition) is 3. The summed E-state index contributed by atoms with van der Waals surface area (Å²) in [6.07, 6.45) is 5.06. The number of hydrogen-bond donors (Lipinski definition) is 1. The van der Waals surface area contributed by atoms with Crippen LogP contribution in [0.3, 0.4) is 0 Å². The average Bonchev–Trinajstić information content (AvgIpc) is 3.20. The molecule has 2 aliphatic heterocycles. The van der Waals surface area contributed by atoms with E-state index in [1.807, 2.05) is 0 Å². The summed E-state index contributed by atoms with van der Waals surface area (Å²) in [5.41, 5.74) is 1.37. The van der Waals surface area contributed by atoms with Crippen molar-refractivity contribution in [2.45, 2.75) is 38.6 Å². The Morgan fingerprint density at radius 1 is 1.15 bits per heavy atom. The lowest BCUT2D eigenvalue weighted by molar-refractivity contribution is 0.125. The van der Waals surface area contributed by atoms with Crippen molar-refractivity contribution in [3.05, 3.63) is 29.8 Å². The highest BCUT2D eigenvalue weighted by Gasteiger charge is 2.30. The van der Waals surface area contributed by atoms with Crippen LogP contribution >= 0.6 is 24.0 Å². The second-order valence-corrected chi connectivity index (χ2v) is 7.49. The molecule has 1 aromatic rings. The monoisotopic (exact) mass is 486 g/mol. The van der Waals surface area contributed by atoms with Crippen molar-refractivity contribution < 1.29 is 4.74 Å². The minimum atomic E-state index is 0. The fourth-order valence-electron chi connectivity index (χ4n) is 4.34. The number of nitrogens with one attached hydrogen (secondary N) is 1. The molecule has 2 unspecified atom stereocenters. The normalized spacial score (nSPS) is 23.8. The third kappa shape index (κ3) is 5.73. The minimum absolute atomic E-state index is 0. The van der Waals surface area contributed by atoms with E-state index in [0.29, 0.717) is 12.0 Å². The summed E-state index contributed by atoms with van der Waals surface area (Å²) in [6, 6.07) is 9.01. The molecule has 0 saturated carbocycles. The van der Waals surface area contributed by atoms with E-state index < -0.39 is 0 Å². The van der Waals surface area contributed by atoms with Gasteiger partial charge in [0.25, 0.3) is 0 Å². The van der Waals surface area contributed by atoms with Gasteiger partial charge in [-0.25, -0.2) is 0 Å². The molecule has 0 spiro atoms. The maximum atomic E-state index is 5.32. The van der Waals surface area contributed by atoms with E-state index in [2.05, 4.69) is 53.4 Å². The van der Waals surface area contributed by atoms with E-state index in [0.717, 1.165) is 44.4 Å². The number of guanidine groups is 1. The van der Waals surface area contributed by atoms with Gasteiger partial charge in [-0.2, -0.15) is 0 Å². The Labute approximate surface area is 181 Å². The van der Waals surface area contributed by atoms with Gasteiger partial charge in [-0.3, -0.25) is 9.89 Å². The van der Waals surface area contributed by atoms with Gasteiger partial charge in [0.05, 0.1) is 7.11 Å². The van der Waals surface area contributed by atoms with Crippen molar-refractivity contribution in [1.82, 2.24) is 15.1 Å². The van der Waals surface area contributed by atoms with Crippen molar-refractivity contribution >= 4 is 29.9 Å². The van der Waals surface area contributed by atoms with E-state index in [1.54, 1.807) is 7.11 Å². The van der Waals surface area contributed by atoms with Crippen LogP contribution in [-0.4, -0.2) is 62.6 Å². The Bertz CT molecular complexity index is 586. The van der Waals surface area contributed by atoms with Crippen LogP contribution in [0, 0.1) is 5.92 Å². The van der Waals surface area contributed by atoms with E-state index in [9.17, 15) is 0 Å². The molecule has 1 N–H and O–H groups in total. The zero-order valence-corrected chi connectivity index (χ0v) is 19.3. The van der Waals surface area contributed by atoms with Gasteiger partial charge >= 0.3 is 0 Å². The summed E-state index contributed by atoms with van der Waals surface area (Å²) in [4.78, 5) is 9.95. The van der Waals surface area contributed by atoms with Gasteiger partial charge in [0.2, 0.25) is 0 Å². The van der Waals surface area contributed by atoms with Crippen LogP contribution in [0.15, 0.2) is 29.3 Å². The largest absolute Gasteiger partial charge is 0.497 e. The number of ether oxygens (including phenoxy) is 1. The fourth-order valence-corrected chi connectivity index (χ4v) is 4.34. The molecule has 2 atom stereocenters. The number of benzene rings is 1. The first-order valence-corrected chi connectivity index (χ1v) is 10.1. The molecule has 1 aromatic carbocycles. The van der Waals surface area contributed by atoms with Crippen LogP contribution in [0.5, 0.6) is 5.75 Å². The number of aliphatic imine (C=N–C) groups is 1. The third-order valence-electron chi connectivity index (χ3n) is 5.68. The molecule has 0 aliphatic carbocycles. The summed E-state index contributed by atoms with van der Waals surface area (Å²) in [5.74, 6) is 2.58. The SMILES string of the molecule is CCNC(=NCC1CCCN(C)C1c1ccc(OC)cc1)N1CCCC1.I. The minimum Gasteiger partial charge on any atom is -0.497 e. The molecule has 0 radical (unpaired) electrons. The standard InChI is InChI=1S/C21H34N4O.HI/c1-4-22-21(25-14-5-6-15-25)23-16-18-8-7-13-24(2)20(18)17-9-11-19(26-3)12-10-17;/h9-12,18,20H,4-8,13-16H2,1-3H3,(H,22,23);1H. The summed E-state index contributed by atoms with van der Waals surface area (Å²) in [6.45, 7) is 7.40. The van der Waals surface area contributed by atoms with Crippen LogP contribution in [0.4, 0.5) is 0 Å². The predicted molar refractivity (Wildman–Crippen MR) is 123 cm³/mol. The highest BCUT2D eigenvalue weighted by Crippen LogP contribution is 2.36. The van der Waals surface area contributed by atoms with Gasteiger partial charge < -0.3 is 15.0 Å². The second kappa shape index (κ2) is 11.1. The smallest absolute Gasteiger partial charge is 0.193 e. The van der Waals surface area contributed by atoms with Crippen LogP contribution in [0.25, 0.3) is 0 Å². The Balaban J connectivity index is 0.00000261. The topological polar surface area (TPSA) is 40.1 Å². The van der Waals surface area contributed by atoms with Crippen LogP contribution < -0.4 is 10.1 Å². The van der Waals surface area contributed by atoms with Crippen LogP contribution in [0.1, 0.15) is 44.2 Å². The van der Waals surface area contributed by atoms with Crippen molar-refractivity contribution in [3.63, 3.8) is 0 Å². The summed E-state index contributed by atoms with van der Waals surface area (Å²) in [7, 11) is 3.97. The number of piperidine rings is 1. The predicted octanol–water partition coefficient (Wildman–Crippen LogP) is 3.76. The fraction of sp³-hybridized carbons (Fsp3) is 0.667. The lowest BCUT2D eigenvalue weighted by Gasteiger charge is -2.39. The van der Waals surface area contributed by atoms with Gasteiger partial charge in [0, 0.05) is 32.2 Å². The summed E-state index contributed by atoms with van der Waals surface area (Å²) < 4.78 is 5.32. The van der Waals surface area contributed by atoms with Crippen molar-refractivity contribution in [1.29, 1.82) is 0 Å². The lowest BCUT2D eigenvalue weighted by atomic mass is 9.85. The molecule has 0 bridgehead atoms. The van der Waals surface area contributed by atoms with Gasteiger partial charge in [-0.15, -0.1) is 24.0 Å². The van der Waals surface area contributed by atoms with E-state index >= 15 is 0 Å². The molecule has 6 heteroatoms. The molecule has 0 aromatic heterocycles. The molecule has 0 amide bonds. The average molecular weight is 486 g/mol. The molecule has 2 aliphatic rings. The molecule has 152 valence electrons. The van der Waals surface area contributed by atoms with E-state index in [1.165, 1.54) is 31.2 Å². The van der Waals surface area contributed by atoms with Gasteiger partial charge in [-0.1, -0.05) is 12.1 Å². The lowest BCUT2D eigenvalue weighted by Crippen LogP contribution is -2.41. The molecule has 2 heterocycles. The quantitative estimate of drug-likeness (QED) is 0.391. The number of methoxy groups -OCH3 is 1. The molecule has 2 saturated heterocycles. The first-order chi connectivity index (χ1) is 12.7. The van der Waals surface area contributed by atoms with Crippen molar-refractivity contribution in [2.24, 2.45) is 10.9 Å². The molecule has 2 fully saturated rings. The molecule has 3 rings (SSSR count). The maximum Gasteiger partial charge on any atom is 0.193 e. The zero-order chi connectivity index (χ0) is 18.4. The molecule has 5 nitrogen and oxygen atoms in total. The maximum absolute atomic E-state index is 5.32. The highest BCUT2D eigenvalue weighted by molar-refractivity contribution is 14.0. The van der Waals surface area contributed by atoms with E-state index in [-0.39, 0.29) is 24.0 Å². The Hall–Kier alpha value is -1.02. The Kier molecular flexibility index (Phi) is 9.15. The first-order valence-electron chi connectivity index (χ1n) is 10.1. The van der Waals surface area contributed by atoms with Gasteiger partial charge in [0.1, 0.15) is 5.75 Å². The Morgan fingerprint density at radius 2 is 1.85 bits per heavy atom. The molecular formula is C21H35IN4O. The van der Waals surface area contributed by atoms with Gasteiger partial charge in [0.15, 0.2) is 5.96 Å². The number of likely N-dealkylation sites (tertiary alicyclic amines) is 2. The number of rotatable bonds is 5. The zero-order valence-electron chi connectivity index (χ0n) is 17.0. The van der Waals surface area contributed by atoms with Crippen molar-refractivity contribution in [3.8, 4) is 5.75 Å². The Morgan fingerprint density at radius 3 is 2.48 bits per heavy atom. The third-order valence-corrected chi connectivity index (χ3v) is 5.68. The highest BCUT2D eigenvalue weighted by atomic mass is 127. The summed E-state index contributed by atoms with van der Waals surface area (Å²) >= 11 is 0. The molecule has 27 heavy (non-hydrogen) atoms.